The molecule has 0 spiro atoms. The second-order valence-electron chi connectivity index (χ2n) is 3.91. The van der Waals surface area contributed by atoms with Gasteiger partial charge in [-0.1, -0.05) is 24.3 Å². The van der Waals surface area contributed by atoms with Gasteiger partial charge in [0.05, 0.1) is 11.4 Å². The molecule has 4 nitrogen and oxygen atoms in total. The van der Waals surface area contributed by atoms with Crippen LogP contribution in [0, 0.1) is 11.6 Å². The zero-order chi connectivity index (χ0) is 14.7. The van der Waals surface area contributed by atoms with Crippen LogP contribution >= 0.6 is 0 Å². The summed E-state index contributed by atoms with van der Waals surface area (Å²) in [7, 11) is 0. The lowest BCUT2D eigenvalue weighted by atomic mass is 10.2. The molecule has 0 saturated heterocycles. The molecule has 2 aromatic carbocycles. The Hall–Kier alpha value is -2.76. The van der Waals surface area contributed by atoms with Gasteiger partial charge in [0.2, 0.25) is 0 Å². The zero-order valence-corrected chi connectivity index (χ0v) is 10.2. The molecule has 0 heterocycles. The number of carbonyl (C=O) groups excluding carboxylic acids is 2. The third-order valence-electron chi connectivity index (χ3n) is 2.60. The first-order valence-corrected chi connectivity index (χ1v) is 5.65. The van der Waals surface area contributed by atoms with Crippen molar-refractivity contribution in [1.82, 2.24) is 0 Å². The van der Waals surface area contributed by atoms with Gasteiger partial charge in [0, 0.05) is 0 Å². The number of rotatable bonds is 2. The molecule has 0 aliphatic heterocycles. The van der Waals surface area contributed by atoms with E-state index in [4.69, 9.17) is 5.73 Å². The highest BCUT2D eigenvalue weighted by atomic mass is 19.1. The van der Waals surface area contributed by atoms with E-state index in [-0.39, 0.29) is 11.4 Å². The number of benzene rings is 2. The van der Waals surface area contributed by atoms with Gasteiger partial charge in [-0.3, -0.25) is 14.5 Å². The number of halogens is 2. The summed E-state index contributed by atoms with van der Waals surface area (Å²) in [6.45, 7) is 0. The number of anilines is 2. The van der Waals surface area contributed by atoms with E-state index in [0.29, 0.717) is 4.90 Å². The van der Waals surface area contributed by atoms with Crippen molar-refractivity contribution in [1.29, 1.82) is 0 Å². The van der Waals surface area contributed by atoms with Crippen LogP contribution in [0.3, 0.4) is 0 Å². The number of nitrogens with zero attached hydrogens (tertiary/aromatic N) is 1. The summed E-state index contributed by atoms with van der Waals surface area (Å²) < 4.78 is 27.6. The first-order valence-electron chi connectivity index (χ1n) is 5.65. The number of amides is 2. The molecule has 0 radical (unpaired) electrons. The SMILES string of the molecule is NC(=O)C(=O)N(c1ccccc1F)c1ccccc1F. The Bertz CT molecular complexity index is 628. The van der Waals surface area contributed by atoms with Gasteiger partial charge in [-0.25, -0.2) is 8.78 Å². The molecule has 2 aromatic rings. The van der Waals surface area contributed by atoms with Gasteiger partial charge in [0.25, 0.3) is 0 Å². The highest BCUT2D eigenvalue weighted by Crippen LogP contribution is 2.29. The second kappa shape index (κ2) is 5.48. The lowest BCUT2D eigenvalue weighted by Gasteiger charge is -2.22. The van der Waals surface area contributed by atoms with Crippen LogP contribution in [0.25, 0.3) is 0 Å². The van der Waals surface area contributed by atoms with E-state index in [1.165, 1.54) is 36.4 Å². The van der Waals surface area contributed by atoms with Crippen LogP contribution in [-0.4, -0.2) is 11.8 Å². The predicted molar refractivity (Wildman–Crippen MR) is 69.1 cm³/mol. The predicted octanol–water partition coefficient (Wildman–Crippen LogP) is 2.11. The maximum absolute atomic E-state index is 13.8. The molecule has 0 unspecified atom stereocenters. The molecule has 0 atom stereocenters. The summed E-state index contributed by atoms with van der Waals surface area (Å²) >= 11 is 0. The molecule has 102 valence electrons. The van der Waals surface area contributed by atoms with Crippen LogP contribution in [-0.2, 0) is 9.59 Å². The van der Waals surface area contributed by atoms with E-state index < -0.39 is 23.4 Å². The standard InChI is InChI=1S/C14H10F2N2O2/c15-9-5-1-3-7-11(9)18(14(20)13(17)19)12-8-4-2-6-10(12)16/h1-8H,(H2,17,19). The Morgan fingerprint density at radius 3 is 1.60 bits per heavy atom. The van der Waals surface area contributed by atoms with E-state index in [9.17, 15) is 18.4 Å². The zero-order valence-electron chi connectivity index (χ0n) is 10.2. The molecular formula is C14H10F2N2O2. The van der Waals surface area contributed by atoms with Crippen LogP contribution in [0.4, 0.5) is 20.2 Å². The van der Waals surface area contributed by atoms with E-state index in [1.807, 2.05) is 0 Å². The molecule has 0 aromatic heterocycles. The number of hydrogen-bond donors (Lipinski definition) is 1. The quantitative estimate of drug-likeness (QED) is 0.854. The summed E-state index contributed by atoms with van der Waals surface area (Å²) in [5.74, 6) is -4.08. The average molecular weight is 276 g/mol. The van der Waals surface area contributed by atoms with E-state index in [0.717, 1.165) is 12.1 Å². The number of primary amides is 1. The Labute approximate surface area is 113 Å². The first kappa shape index (κ1) is 13.7. The third-order valence-corrected chi connectivity index (χ3v) is 2.60. The van der Waals surface area contributed by atoms with Gasteiger partial charge in [-0.2, -0.15) is 0 Å². The van der Waals surface area contributed by atoms with Crippen LogP contribution in [0.2, 0.25) is 0 Å². The summed E-state index contributed by atoms with van der Waals surface area (Å²) in [6, 6.07) is 10.4. The molecule has 2 amide bonds. The molecule has 2 N–H and O–H groups in total. The van der Waals surface area contributed by atoms with Crippen molar-refractivity contribution in [3.63, 3.8) is 0 Å². The van der Waals surface area contributed by atoms with Crippen LogP contribution in [0.15, 0.2) is 48.5 Å². The molecule has 2 rings (SSSR count). The van der Waals surface area contributed by atoms with Crippen LogP contribution < -0.4 is 10.6 Å². The fourth-order valence-electron chi connectivity index (χ4n) is 1.72. The van der Waals surface area contributed by atoms with Crippen molar-refractivity contribution in [2.24, 2.45) is 5.73 Å². The fraction of sp³-hybridized carbons (Fsp3) is 0. The third kappa shape index (κ3) is 2.49. The first-order chi connectivity index (χ1) is 9.52. The maximum atomic E-state index is 13.8. The van der Waals surface area contributed by atoms with Gasteiger partial charge in [-0.15, -0.1) is 0 Å². The molecule has 0 bridgehead atoms. The van der Waals surface area contributed by atoms with Crippen LogP contribution in [0.1, 0.15) is 0 Å². The Kier molecular flexibility index (Phi) is 3.74. The van der Waals surface area contributed by atoms with E-state index in [2.05, 4.69) is 0 Å². The molecule has 0 aliphatic carbocycles. The van der Waals surface area contributed by atoms with Crippen molar-refractivity contribution < 1.29 is 18.4 Å². The summed E-state index contributed by atoms with van der Waals surface area (Å²) in [4.78, 5) is 23.6. The van der Waals surface area contributed by atoms with Crippen LogP contribution in [0.5, 0.6) is 0 Å². The fourth-order valence-corrected chi connectivity index (χ4v) is 1.72. The van der Waals surface area contributed by atoms with Gasteiger partial charge >= 0.3 is 11.8 Å². The number of para-hydroxylation sites is 2. The van der Waals surface area contributed by atoms with Crippen molar-refractivity contribution >= 4 is 23.2 Å². The lowest BCUT2D eigenvalue weighted by Crippen LogP contribution is -2.38. The number of carbonyl (C=O) groups is 2. The van der Waals surface area contributed by atoms with Crippen molar-refractivity contribution in [2.45, 2.75) is 0 Å². The minimum Gasteiger partial charge on any atom is -0.361 e. The monoisotopic (exact) mass is 276 g/mol. The summed E-state index contributed by atoms with van der Waals surface area (Å²) in [6.07, 6.45) is 0. The molecule has 20 heavy (non-hydrogen) atoms. The Morgan fingerprint density at radius 2 is 1.25 bits per heavy atom. The average Bonchev–Trinajstić information content (AvgIpc) is 2.43. The second-order valence-corrected chi connectivity index (χ2v) is 3.91. The van der Waals surface area contributed by atoms with Gasteiger partial charge < -0.3 is 5.73 Å². The number of nitrogens with two attached hydrogens (primary N) is 1. The van der Waals surface area contributed by atoms with Gasteiger partial charge in [0.15, 0.2) is 0 Å². The highest BCUT2D eigenvalue weighted by Gasteiger charge is 2.26. The number of hydrogen-bond acceptors (Lipinski definition) is 2. The lowest BCUT2D eigenvalue weighted by molar-refractivity contribution is -0.135. The summed E-state index contributed by atoms with van der Waals surface area (Å²) in [5.41, 5.74) is 4.44. The van der Waals surface area contributed by atoms with E-state index >= 15 is 0 Å². The topological polar surface area (TPSA) is 63.4 Å². The molecule has 6 heteroatoms. The molecule has 0 fully saturated rings. The van der Waals surface area contributed by atoms with Gasteiger partial charge in [0.1, 0.15) is 11.6 Å². The maximum Gasteiger partial charge on any atom is 0.320 e. The summed E-state index contributed by atoms with van der Waals surface area (Å²) in [5, 5.41) is 0. The molecular weight excluding hydrogens is 266 g/mol. The Balaban J connectivity index is 2.63. The largest absolute Gasteiger partial charge is 0.361 e. The molecule has 0 aliphatic rings. The minimum atomic E-state index is -1.31. The smallest absolute Gasteiger partial charge is 0.320 e. The van der Waals surface area contributed by atoms with Gasteiger partial charge in [-0.05, 0) is 24.3 Å². The van der Waals surface area contributed by atoms with Crippen molar-refractivity contribution in [3.8, 4) is 0 Å². The minimum absolute atomic E-state index is 0.249. The van der Waals surface area contributed by atoms with Crippen molar-refractivity contribution in [2.75, 3.05) is 4.90 Å². The van der Waals surface area contributed by atoms with Crippen molar-refractivity contribution in [3.05, 3.63) is 60.2 Å². The Morgan fingerprint density at radius 1 is 0.850 bits per heavy atom. The highest BCUT2D eigenvalue weighted by molar-refractivity contribution is 6.41. The van der Waals surface area contributed by atoms with E-state index in [1.54, 1.807) is 0 Å². The molecule has 0 saturated carbocycles. The normalized spacial score (nSPS) is 10.1.